The maximum Gasteiger partial charge on any atom is 0.319 e. The second-order valence-electron chi connectivity index (χ2n) is 5.09. The fourth-order valence-corrected chi connectivity index (χ4v) is 1.96. The standard InChI is InChI=1S/C14H16FNO3/c1-8-3-4-10(7-11(8)15)9(2)16-12(17)14(5-6-14)13(18)19/h3-4,7,9H,5-6H2,1-2H3,(H,16,17)(H,18,19)/t9-/m1/s1. The minimum atomic E-state index is -1.27. The first-order chi connectivity index (χ1) is 8.86. The van der Waals surface area contributed by atoms with Crippen molar-refractivity contribution in [2.24, 2.45) is 5.41 Å². The number of carboxylic acid groups (broad SMARTS) is 1. The molecule has 0 radical (unpaired) electrons. The van der Waals surface area contributed by atoms with Crippen molar-refractivity contribution in [3.63, 3.8) is 0 Å². The Labute approximate surface area is 110 Å². The van der Waals surface area contributed by atoms with E-state index in [-0.39, 0.29) is 5.82 Å². The fraction of sp³-hybridized carbons (Fsp3) is 0.429. The molecule has 1 saturated carbocycles. The largest absolute Gasteiger partial charge is 0.480 e. The zero-order chi connectivity index (χ0) is 14.2. The Morgan fingerprint density at radius 1 is 1.42 bits per heavy atom. The number of aryl methyl sites for hydroxylation is 1. The summed E-state index contributed by atoms with van der Waals surface area (Å²) >= 11 is 0. The summed E-state index contributed by atoms with van der Waals surface area (Å²) in [6.07, 6.45) is 0.728. The van der Waals surface area contributed by atoms with Crippen molar-refractivity contribution < 1.29 is 19.1 Å². The highest BCUT2D eigenvalue weighted by Gasteiger charge is 2.57. The number of carbonyl (C=O) groups excluding carboxylic acids is 1. The smallest absolute Gasteiger partial charge is 0.319 e. The number of halogens is 1. The molecular weight excluding hydrogens is 249 g/mol. The first-order valence-corrected chi connectivity index (χ1v) is 6.17. The summed E-state index contributed by atoms with van der Waals surface area (Å²) in [4.78, 5) is 22.9. The molecular formula is C14H16FNO3. The molecule has 1 aliphatic rings. The second kappa shape index (κ2) is 4.64. The van der Waals surface area contributed by atoms with Crippen LogP contribution in [0.2, 0.25) is 0 Å². The van der Waals surface area contributed by atoms with Crippen LogP contribution in [0.3, 0.4) is 0 Å². The van der Waals surface area contributed by atoms with Crippen LogP contribution in [0.5, 0.6) is 0 Å². The first-order valence-electron chi connectivity index (χ1n) is 6.17. The van der Waals surface area contributed by atoms with E-state index in [9.17, 15) is 14.0 Å². The molecule has 19 heavy (non-hydrogen) atoms. The molecule has 1 amide bonds. The van der Waals surface area contributed by atoms with Crippen molar-refractivity contribution in [2.75, 3.05) is 0 Å². The van der Waals surface area contributed by atoms with Crippen LogP contribution >= 0.6 is 0 Å². The zero-order valence-electron chi connectivity index (χ0n) is 10.9. The van der Waals surface area contributed by atoms with Gasteiger partial charge in [0.1, 0.15) is 11.2 Å². The quantitative estimate of drug-likeness (QED) is 0.820. The summed E-state index contributed by atoms with van der Waals surface area (Å²) in [5, 5.41) is 11.7. The lowest BCUT2D eigenvalue weighted by Crippen LogP contribution is -2.38. The van der Waals surface area contributed by atoms with Gasteiger partial charge in [-0.1, -0.05) is 12.1 Å². The van der Waals surface area contributed by atoms with E-state index in [2.05, 4.69) is 5.32 Å². The molecule has 1 fully saturated rings. The van der Waals surface area contributed by atoms with Crippen molar-refractivity contribution in [3.8, 4) is 0 Å². The van der Waals surface area contributed by atoms with Crippen molar-refractivity contribution in [3.05, 3.63) is 35.1 Å². The molecule has 5 heteroatoms. The molecule has 0 aromatic heterocycles. The van der Waals surface area contributed by atoms with Gasteiger partial charge in [-0.2, -0.15) is 0 Å². The van der Waals surface area contributed by atoms with Crippen molar-refractivity contribution >= 4 is 11.9 Å². The molecule has 0 heterocycles. The molecule has 0 aliphatic heterocycles. The van der Waals surface area contributed by atoms with Gasteiger partial charge in [-0.25, -0.2) is 4.39 Å². The van der Waals surface area contributed by atoms with Crippen molar-refractivity contribution in [2.45, 2.75) is 32.7 Å². The summed E-state index contributed by atoms with van der Waals surface area (Å²) in [6.45, 7) is 3.37. The van der Waals surface area contributed by atoms with Gasteiger partial charge in [-0.05, 0) is 43.9 Å². The van der Waals surface area contributed by atoms with E-state index in [4.69, 9.17) is 5.11 Å². The monoisotopic (exact) mass is 265 g/mol. The number of benzene rings is 1. The number of hydrogen-bond donors (Lipinski definition) is 2. The van der Waals surface area contributed by atoms with E-state index in [1.54, 1.807) is 26.0 Å². The summed E-state index contributed by atoms with van der Waals surface area (Å²) < 4.78 is 13.4. The molecule has 2 rings (SSSR count). The number of nitrogens with one attached hydrogen (secondary N) is 1. The number of carboxylic acids is 1. The van der Waals surface area contributed by atoms with Crippen LogP contribution in [0, 0.1) is 18.2 Å². The van der Waals surface area contributed by atoms with Crippen LogP contribution < -0.4 is 5.32 Å². The lowest BCUT2D eigenvalue weighted by molar-refractivity contribution is -0.149. The van der Waals surface area contributed by atoms with Crippen LogP contribution in [0.15, 0.2) is 18.2 Å². The molecule has 1 aliphatic carbocycles. The lowest BCUT2D eigenvalue weighted by Gasteiger charge is -2.17. The van der Waals surface area contributed by atoms with E-state index in [0.29, 0.717) is 24.0 Å². The van der Waals surface area contributed by atoms with Gasteiger partial charge in [-0.15, -0.1) is 0 Å². The Morgan fingerprint density at radius 2 is 2.05 bits per heavy atom. The highest BCUT2D eigenvalue weighted by Crippen LogP contribution is 2.46. The molecule has 0 spiro atoms. The maximum absolute atomic E-state index is 13.4. The number of carbonyl (C=O) groups is 2. The van der Waals surface area contributed by atoms with Crippen LogP contribution in [0.4, 0.5) is 4.39 Å². The van der Waals surface area contributed by atoms with Gasteiger partial charge in [0.2, 0.25) is 5.91 Å². The summed E-state index contributed by atoms with van der Waals surface area (Å²) in [7, 11) is 0. The normalized spacial score (nSPS) is 17.6. The Hall–Kier alpha value is -1.91. The van der Waals surface area contributed by atoms with Crippen LogP contribution in [-0.2, 0) is 9.59 Å². The Kier molecular flexibility index (Phi) is 3.30. The SMILES string of the molecule is Cc1ccc([C@@H](C)NC(=O)C2(C(=O)O)CC2)cc1F. The third-order valence-corrected chi connectivity index (χ3v) is 3.64. The molecule has 1 aromatic rings. The highest BCUT2D eigenvalue weighted by molar-refractivity contribution is 6.04. The predicted octanol–water partition coefficient (Wildman–Crippen LogP) is 2.18. The molecule has 102 valence electrons. The third-order valence-electron chi connectivity index (χ3n) is 3.64. The average Bonchev–Trinajstić information content (AvgIpc) is 3.13. The molecule has 0 saturated heterocycles. The summed E-state index contributed by atoms with van der Waals surface area (Å²) in [5.41, 5.74) is -0.110. The van der Waals surface area contributed by atoms with Gasteiger partial charge >= 0.3 is 5.97 Å². The van der Waals surface area contributed by atoms with E-state index in [0.717, 1.165) is 0 Å². The van der Waals surface area contributed by atoms with Crippen LogP contribution in [0.25, 0.3) is 0 Å². The van der Waals surface area contributed by atoms with Crippen molar-refractivity contribution in [1.29, 1.82) is 0 Å². The number of aliphatic carboxylic acids is 1. The summed E-state index contributed by atoms with van der Waals surface area (Å²) in [6, 6.07) is 4.31. The van der Waals surface area contributed by atoms with Crippen molar-refractivity contribution in [1.82, 2.24) is 5.32 Å². The van der Waals surface area contributed by atoms with Gasteiger partial charge in [-0.3, -0.25) is 9.59 Å². The Bertz CT molecular complexity index is 537. The Balaban J connectivity index is 2.09. The topological polar surface area (TPSA) is 66.4 Å². The minimum Gasteiger partial charge on any atom is -0.480 e. The zero-order valence-corrected chi connectivity index (χ0v) is 10.9. The van der Waals surface area contributed by atoms with Gasteiger partial charge in [0.15, 0.2) is 0 Å². The molecule has 1 aromatic carbocycles. The Morgan fingerprint density at radius 3 is 2.53 bits per heavy atom. The van der Waals surface area contributed by atoms with Gasteiger partial charge in [0.25, 0.3) is 0 Å². The second-order valence-corrected chi connectivity index (χ2v) is 5.09. The molecule has 0 bridgehead atoms. The maximum atomic E-state index is 13.4. The van der Waals surface area contributed by atoms with E-state index >= 15 is 0 Å². The number of amides is 1. The molecule has 1 atom stereocenters. The van der Waals surface area contributed by atoms with E-state index < -0.39 is 23.3 Å². The van der Waals surface area contributed by atoms with E-state index in [1.807, 2.05) is 0 Å². The summed E-state index contributed by atoms with van der Waals surface area (Å²) in [5.74, 6) is -1.92. The molecule has 2 N–H and O–H groups in total. The predicted molar refractivity (Wildman–Crippen MR) is 67.0 cm³/mol. The van der Waals surface area contributed by atoms with Gasteiger partial charge < -0.3 is 10.4 Å². The number of hydrogen-bond acceptors (Lipinski definition) is 2. The minimum absolute atomic E-state index is 0.335. The highest BCUT2D eigenvalue weighted by atomic mass is 19.1. The van der Waals surface area contributed by atoms with Gasteiger partial charge in [0, 0.05) is 0 Å². The lowest BCUT2D eigenvalue weighted by atomic mass is 10.0. The first kappa shape index (κ1) is 13.5. The van der Waals surface area contributed by atoms with Crippen LogP contribution in [0.1, 0.15) is 36.9 Å². The number of rotatable bonds is 4. The van der Waals surface area contributed by atoms with Gasteiger partial charge in [0.05, 0.1) is 6.04 Å². The average molecular weight is 265 g/mol. The molecule has 0 unspecified atom stereocenters. The molecule has 4 nitrogen and oxygen atoms in total. The van der Waals surface area contributed by atoms with Crippen LogP contribution in [-0.4, -0.2) is 17.0 Å². The third kappa shape index (κ3) is 2.45. The van der Waals surface area contributed by atoms with E-state index in [1.165, 1.54) is 6.07 Å². The fourth-order valence-electron chi connectivity index (χ4n) is 1.96.